The van der Waals surface area contributed by atoms with Crippen LogP contribution in [0.25, 0.3) is 11.0 Å². The van der Waals surface area contributed by atoms with E-state index in [2.05, 4.69) is 33.8 Å². The summed E-state index contributed by atoms with van der Waals surface area (Å²) in [5.74, 6) is 1.21. The quantitative estimate of drug-likeness (QED) is 0.128. The highest BCUT2D eigenvalue weighted by Crippen LogP contribution is 2.35. The van der Waals surface area contributed by atoms with E-state index in [1.807, 2.05) is 18.2 Å². The molecule has 0 saturated carbocycles. The average molecular weight is 485 g/mol. The highest BCUT2D eigenvalue weighted by molar-refractivity contribution is 5.86. The van der Waals surface area contributed by atoms with Crippen molar-refractivity contribution in [1.29, 1.82) is 0 Å². The third kappa shape index (κ3) is 10.2. The Balaban J connectivity index is 2.07. The molecular weight excluding hydrogens is 440 g/mol. The number of ether oxygens (including phenoxy) is 3. The molecule has 0 amide bonds. The fourth-order valence-electron chi connectivity index (χ4n) is 3.90. The van der Waals surface area contributed by atoms with E-state index >= 15 is 0 Å². The van der Waals surface area contributed by atoms with Gasteiger partial charge in [0.2, 0.25) is 5.75 Å². The molecule has 5 heteroatoms. The zero-order valence-corrected chi connectivity index (χ0v) is 22.4. The second kappa shape index (κ2) is 16.1. The maximum absolute atomic E-state index is 12.8. The van der Waals surface area contributed by atoms with Crippen molar-refractivity contribution in [2.24, 2.45) is 0 Å². The number of fused-ring (bicyclic) bond motifs is 1. The first-order chi connectivity index (χ1) is 17.0. The molecule has 0 aliphatic heterocycles. The molecule has 2 rings (SSSR count). The first-order valence-electron chi connectivity index (χ1n) is 13.2. The number of unbranched alkanes of at least 4 members (excludes halogenated alkanes) is 7. The predicted octanol–water partition coefficient (Wildman–Crippen LogP) is 8.39. The fraction of sp³-hybridized carbons (Fsp3) is 0.567. The van der Waals surface area contributed by atoms with Gasteiger partial charge >= 0.3 is 5.63 Å². The summed E-state index contributed by atoms with van der Waals surface area (Å²) in [6.45, 7) is 9.35. The van der Waals surface area contributed by atoms with Crippen LogP contribution in [0.5, 0.6) is 17.2 Å². The molecule has 0 spiro atoms. The second-order valence-electron chi connectivity index (χ2n) is 9.41. The Morgan fingerprint density at radius 3 is 2.31 bits per heavy atom. The van der Waals surface area contributed by atoms with Gasteiger partial charge in [0, 0.05) is 6.07 Å². The summed E-state index contributed by atoms with van der Waals surface area (Å²) in [4.78, 5) is 12.8. The minimum Gasteiger partial charge on any atom is -0.497 e. The zero-order valence-electron chi connectivity index (χ0n) is 22.4. The summed E-state index contributed by atoms with van der Waals surface area (Å²) in [6.07, 6.45) is 16.0. The van der Waals surface area contributed by atoms with Gasteiger partial charge in [-0.3, -0.25) is 0 Å². The molecule has 0 bridgehead atoms. The lowest BCUT2D eigenvalue weighted by Crippen LogP contribution is -2.11. The summed E-state index contributed by atoms with van der Waals surface area (Å²) in [6, 6.07) is 5.40. The Bertz CT molecular complexity index is 1010. The standard InChI is InChI=1S/C30H44O5/c1-6-7-8-9-10-11-12-13-20-33-28-26-18-17-25(32-5)22-27(26)35-30(31)29(28)34-21-19-24(4)16-14-15-23(2)3/h15,17-19,22H,6-14,16,20-21H2,1-5H3. The topological polar surface area (TPSA) is 57.9 Å². The number of rotatable bonds is 17. The van der Waals surface area contributed by atoms with E-state index in [0.717, 1.165) is 25.7 Å². The summed E-state index contributed by atoms with van der Waals surface area (Å²) in [5, 5.41) is 0.712. The van der Waals surface area contributed by atoms with Gasteiger partial charge in [0.15, 0.2) is 5.75 Å². The number of allylic oxidation sites excluding steroid dienone is 3. The van der Waals surface area contributed by atoms with Gasteiger partial charge in [-0.2, -0.15) is 0 Å². The lowest BCUT2D eigenvalue weighted by molar-refractivity contribution is 0.269. The minimum absolute atomic E-state index is 0.135. The van der Waals surface area contributed by atoms with E-state index in [1.54, 1.807) is 13.2 Å². The summed E-state index contributed by atoms with van der Waals surface area (Å²) >= 11 is 0. The molecule has 0 radical (unpaired) electrons. The Hall–Kier alpha value is -2.69. The average Bonchev–Trinajstić information content (AvgIpc) is 2.83. The van der Waals surface area contributed by atoms with Crippen LogP contribution >= 0.6 is 0 Å². The monoisotopic (exact) mass is 484 g/mol. The van der Waals surface area contributed by atoms with E-state index in [0.29, 0.717) is 35.7 Å². The van der Waals surface area contributed by atoms with Crippen molar-refractivity contribution >= 4 is 11.0 Å². The lowest BCUT2D eigenvalue weighted by atomic mass is 10.1. The fourth-order valence-corrected chi connectivity index (χ4v) is 3.90. The molecule has 2 aromatic rings. The maximum Gasteiger partial charge on any atom is 0.383 e. The van der Waals surface area contributed by atoms with Crippen LogP contribution in [0.2, 0.25) is 0 Å². The van der Waals surface area contributed by atoms with Crippen molar-refractivity contribution < 1.29 is 18.6 Å². The number of hydrogen-bond donors (Lipinski definition) is 0. The van der Waals surface area contributed by atoms with Gasteiger partial charge in [0.05, 0.1) is 19.1 Å². The molecule has 5 nitrogen and oxygen atoms in total. The van der Waals surface area contributed by atoms with Crippen molar-refractivity contribution in [2.75, 3.05) is 20.3 Å². The molecule has 0 aliphatic rings. The molecule has 0 N–H and O–H groups in total. The number of methoxy groups -OCH3 is 1. The number of benzene rings is 1. The van der Waals surface area contributed by atoms with Crippen LogP contribution in [-0.4, -0.2) is 20.3 Å². The normalized spacial score (nSPS) is 11.5. The molecule has 1 heterocycles. The molecule has 0 atom stereocenters. The van der Waals surface area contributed by atoms with Crippen molar-refractivity contribution in [1.82, 2.24) is 0 Å². The van der Waals surface area contributed by atoms with Gasteiger partial charge in [0.25, 0.3) is 0 Å². The molecule has 0 unspecified atom stereocenters. The highest BCUT2D eigenvalue weighted by Gasteiger charge is 2.18. The van der Waals surface area contributed by atoms with E-state index in [9.17, 15) is 4.79 Å². The van der Waals surface area contributed by atoms with E-state index in [1.165, 1.54) is 49.7 Å². The van der Waals surface area contributed by atoms with Crippen LogP contribution in [-0.2, 0) is 0 Å². The summed E-state index contributed by atoms with van der Waals surface area (Å²) in [5.41, 5.74) is 2.44. The highest BCUT2D eigenvalue weighted by atomic mass is 16.5. The molecule has 0 fully saturated rings. The Kier molecular flexibility index (Phi) is 13.1. The van der Waals surface area contributed by atoms with E-state index in [4.69, 9.17) is 18.6 Å². The molecule has 35 heavy (non-hydrogen) atoms. The van der Waals surface area contributed by atoms with Gasteiger partial charge in [0.1, 0.15) is 17.9 Å². The Morgan fingerprint density at radius 1 is 0.914 bits per heavy atom. The molecule has 1 aromatic carbocycles. The smallest absolute Gasteiger partial charge is 0.383 e. The second-order valence-corrected chi connectivity index (χ2v) is 9.41. The Labute approximate surface area is 211 Å². The largest absolute Gasteiger partial charge is 0.497 e. The maximum atomic E-state index is 12.8. The van der Waals surface area contributed by atoms with Gasteiger partial charge in [-0.05, 0) is 58.2 Å². The van der Waals surface area contributed by atoms with Crippen molar-refractivity contribution in [3.05, 3.63) is 51.9 Å². The molecule has 0 saturated heterocycles. The van der Waals surface area contributed by atoms with Gasteiger partial charge in [-0.25, -0.2) is 4.79 Å². The number of hydrogen-bond acceptors (Lipinski definition) is 5. The first kappa shape index (κ1) is 28.5. The van der Waals surface area contributed by atoms with Gasteiger partial charge < -0.3 is 18.6 Å². The molecular formula is C30H44O5. The summed E-state index contributed by atoms with van der Waals surface area (Å²) < 4.78 is 22.9. The third-order valence-electron chi connectivity index (χ3n) is 6.02. The van der Waals surface area contributed by atoms with Crippen molar-refractivity contribution in [3.63, 3.8) is 0 Å². The van der Waals surface area contributed by atoms with Gasteiger partial charge in [-0.1, -0.05) is 69.1 Å². The van der Waals surface area contributed by atoms with Crippen LogP contribution in [0.1, 0.15) is 91.9 Å². The summed E-state index contributed by atoms with van der Waals surface area (Å²) in [7, 11) is 1.59. The zero-order chi connectivity index (χ0) is 25.5. The SMILES string of the molecule is CCCCCCCCCCOc1c(OCC=C(C)CCC=C(C)C)c(=O)oc2cc(OC)ccc12. The Morgan fingerprint density at radius 2 is 1.63 bits per heavy atom. The predicted molar refractivity (Wildman–Crippen MR) is 145 cm³/mol. The van der Waals surface area contributed by atoms with Crippen LogP contribution in [0.15, 0.2) is 50.7 Å². The molecule has 0 aliphatic carbocycles. The van der Waals surface area contributed by atoms with Crippen molar-refractivity contribution in [3.8, 4) is 17.2 Å². The van der Waals surface area contributed by atoms with E-state index < -0.39 is 5.63 Å². The molecule has 1 aromatic heterocycles. The van der Waals surface area contributed by atoms with Crippen LogP contribution in [0, 0.1) is 0 Å². The minimum atomic E-state index is -0.535. The lowest BCUT2D eigenvalue weighted by Gasteiger charge is -2.14. The van der Waals surface area contributed by atoms with Gasteiger partial charge in [-0.15, -0.1) is 0 Å². The van der Waals surface area contributed by atoms with Crippen LogP contribution < -0.4 is 19.8 Å². The van der Waals surface area contributed by atoms with Crippen molar-refractivity contribution in [2.45, 2.75) is 91.9 Å². The van der Waals surface area contributed by atoms with Crippen LogP contribution in [0.3, 0.4) is 0 Å². The molecule has 194 valence electrons. The first-order valence-corrected chi connectivity index (χ1v) is 13.2. The van der Waals surface area contributed by atoms with Crippen LogP contribution in [0.4, 0.5) is 0 Å². The third-order valence-corrected chi connectivity index (χ3v) is 6.02. The van der Waals surface area contributed by atoms with E-state index in [-0.39, 0.29) is 5.75 Å².